The molecule has 1 saturated heterocycles. The third kappa shape index (κ3) is 4.03. The summed E-state index contributed by atoms with van der Waals surface area (Å²) in [7, 11) is 1.57. The highest BCUT2D eigenvalue weighted by molar-refractivity contribution is 8.03. The summed E-state index contributed by atoms with van der Waals surface area (Å²) in [5.74, 6) is 1.44. The molecule has 0 aromatic heterocycles. The number of nitrogens with zero attached hydrogens (tertiary/aromatic N) is 2. The van der Waals surface area contributed by atoms with Gasteiger partial charge in [0.05, 0.1) is 42.7 Å². The van der Waals surface area contributed by atoms with E-state index in [1.54, 1.807) is 37.4 Å². The molecule has 172 valence electrons. The first-order valence-corrected chi connectivity index (χ1v) is 11.8. The summed E-state index contributed by atoms with van der Waals surface area (Å²) in [5.41, 5.74) is 0.328. The summed E-state index contributed by atoms with van der Waals surface area (Å²) in [4.78, 5) is 14.7. The van der Waals surface area contributed by atoms with Crippen molar-refractivity contribution < 1.29 is 24.1 Å². The third-order valence-electron chi connectivity index (χ3n) is 5.83. The molecular weight excluding hydrogens is 440 g/mol. The van der Waals surface area contributed by atoms with Crippen molar-refractivity contribution in [3.05, 3.63) is 64.2 Å². The lowest BCUT2D eigenvalue weighted by Crippen LogP contribution is -2.48. The van der Waals surface area contributed by atoms with Crippen molar-refractivity contribution >= 4 is 17.7 Å². The van der Waals surface area contributed by atoms with Crippen LogP contribution < -0.4 is 14.2 Å². The number of rotatable bonds is 7. The zero-order valence-electron chi connectivity index (χ0n) is 18.8. The minimum Gasteiger partial charge on any atom is -0.494 e. The van der Waals surface area contributed by atoms with Gasteiger partial charge in [0.15, 0.2) is 17.2 Å². The molecule has 0 bridgehead atoms. The van der Waals surface area contributed by atoms with Crippen LogP contribution in [0.25, 0.3) is 0 Å². The fourth-order valence-electron chi connectivity index (χ4n) is 4.29. The van der Waals surface area contributed by atoms with Gasteiger partial charge in [-0.3, -0.25) is 9.69 Å². The van der Waals surface area contributed by atoms with Gasteiger partial charge in [-0.25, -0.2) is 0 Å². The van der Waals surface area contributed by atoms with Crippen LogP contribution in [0.4, 0.5) is 0 Å². The molecule has 7 nitrogen and oxygen atoms in total. The Balaban J connectivity index is 1.73. The van der Waals surface area contributed by atoms with Crippen LogP contribution in [0.1, 0.15) is 37.3 Å². The molecule has 0 radical (unpaired) electrons. The summed E-state index contributed by atoms with van der Waals surface area (Å²) >= 11 is 1.32. The van der Waals surface area contributed by atoms with Gasteiger partial charge < -0.3 is 19.3 Å². The Hall–Kier alpha value is -3.15. The number of aliphatic hydroxyl groups is 1. The number of hydrogen-bond acceptors (Lipinski definition) is 7. The molecule has 2 aromatic carbocycles. The second-order valence-corrected chi connectivity index (χ2v) is 8.69. The molecule has 8 heteroatoms. The standard InChI is InChI=1S/C25H26N2O5S/c1-4-31-18-9-7-17(8-10-18)25(29)15-33-24-20(14-26)19(13-23(28)27(24)25)16-6-11-21(30-3)22(12-16)32-5-2/h6-12,19,29H,4-5,13,15H2,1-3H3/t19-,25-/m0/s1. The molecule has 0 aliphatic carbocycles. The maximum Gasteiger partial charge on any atom is 0.231 e. The molecule has 4 rings (SSSR count). The van der Waals surface area contributed by atoms with E-state index in [2.05, 4.69) is 6.07 Å². The maximum absolute atomic E-state index is 13.3. The number of methoxy groups -OCH3 is 1. The Labute approximate surface area is 197 Å². The van der Waals surface area contributed by atoms with E-state index < -0.39 is 11.6 Å². The minimum atomic E-state index is -1.52. The van der Waals surface area contributed by atoms with Crippen molar-refractivity contribution in [2.45, 2.75) is 31.9 Å². The number of fused-ring (bicyclic) bond motifs is 1. The molecule has 2 atom stereocenters. The molecule has 1 fully saturated rings. The highest BCUT2D eigenvalue weighted by Crippen LogP contribution is 2.52. The molecule has 33 heavy (non-hydrogen) atoms. The van der Waals surface area contributed by atoms with Crippen LogP contribution in [0.5, 0.6) is 17.2 Å². The number of allylic oxidation sites excluding steroid dienone is 1. The molecule has 2 heterocycles. The van der Waals surface area contributed by atoms with E-state index in [-0.39, 0.29) is 18.1 Å². The van der Waals surface area contributed by atoms with Crippen LogP contribution in [0.15, 0.2) is 53.1 Å². The molecule has 0 unspecified atom stereocenters. The number of thioether (sulfide) groups is 1. The van der Waals surface area contributed by atoms with Crippen LogP contribution >= 0.6 is 11.8 Å². The summed E-state index contributed by atoms with van der Waals surface area (Å²) in [6.45, 7) is 4.79. The minimum absolute atomic E-state index is 0.0736. The predicted molar refractivity (Wildman–Crippen MR) is 125 cm³/mol. The smallest absolute Gasteiger partial charge is 0.231 e. The summed E-state index contributed by atoms with van der Waals surface area (Å²) in [6, 6.07) is 14.8. The van der Waals surface area contributed by atoms with E-state index >= 15 is 0 Å². The number of nitriles is 1. The number of hydrogen-bond donors (Lipinski definition) is 1. The van der Waals surface area contributed by atoms with Crippen LogP contribution in [0.3, 0.4) is 0 Å². The Morgan fingerprint density at radius 1 is 1.15 bits per heavy atom. The Bertz CT molecular complexity index is 1120. The average molecular weight is 467 g/mol. The van der Waals surface area contributed by atoms with Crippen LogP contribution in [0, 0.1) is 11.3 Å². The quantitative estimate of drug-likeness (QED) is 0.656. The van der Waals surface area contributed by atoms with Crippen molar-refractivity contribution in [1.82, 2.24) is 4.90 Å². The van der Waals surface area contributed by atoms with Crippen LogP contribution in [0.2, 0.25) is 0 Å². The average Bonchev–Trinajstić information content (AvgIpc) is 3.19. The van der Waals surface area contributed by atoms with Gasteiger partial charge in [0.1, 0.15) is 5.75 Å². The molecular formula is C25H26N2O5S. The lowest BCUT2D eigenvalue weighted by atomic mass is 9.85. The van der Waals surface area contributed by atoms with Crippen molar-refractivity contribution in [2.75, 3.05) is 26.1 Å². The first-order valence-electron chi connectivity index (χ1n) is 10.8. The normalized spacial score (nSPS) is 22.1. The van der Waals surface area contributed by atoms with Crippen molar-refractivity contribution in [1.29, 1.82) is 5.26 Å². The van der Waals surface area contributed by atoms with Gasteiger partial charge in [-0.2, -0.15) is 5.26 Å². The molecule has 0 spiro atoms. The van der Waals surface area contributed by atoms with Crippen LogP contribution in [-0.4, -0.2) is 42.0 Å². The van der Waals surface area contributed by atoms with Crippen molar-refractivity contribution in [3.63, 3.8) is 0 Å². The van der Waals surface area contributed by atoms with E-state index in [1.807, 2.05) is 26.0 Å². The Morgan fingerprint density at radius 2 is 1.88 bits per heavy atom. The topological polar surface area (TPSA) is 92.0 Å². The molecule has 1 N–H and O–H groups in total. The Kier molecular flexibility index (Phi) is 6.54. The monoisotopic (exact) mass is 466 g/mol. The summed E-state index contributed by atoms with van der Waals surface area (Å²) in [5, 5.41) is 22.1. The zero-order valence-corrected chi connectivity index (χ0v) is 19.6. The second kappa shape index (κ2) is 9.38. The zero-order chi connectivity index (χ0) is 23.6. The fraction of sp³-hybridized carbons (Fsp3) is 0.360. The summed E-state index contributed by atoms with van der Waals surface area (Å²) < 4.78 is 16.5. The lowest BCUT2D eigenvalue weighted by molar-refractivity contribution is -0.149. The van der Waals surface area contributed by atoms with Gasteiger partial charge in [-0.15, -0.1) is 11.8 Å². The largest absolute Gasteiger partial charge is 0.494 e. The number of carbonyl (C=O) groups excluding carboxylic acids is 1. The van der Waals surface area contributed by atoms with Crippen molar-refractivity contribution in [2.24, 2.45) is 0 Å². The number of amides is 1. The van der Waals surface area contributed by atoms with E-state index in [9.17, 15) is 15.2 Å². The van der Waals surface area contributed by atoms with Crippen LogP contribution in [-0.2, 0) is 10.5 Å². The van der Waals surface area contributed by atoms with E-state index in [0.29, 0.717) is 46.6 Å². The first-order chi connectivity index (χ1) is 16.0. The first kappa shape index (κ1) is 23.0. The van der Waals surface area contributed by atoms with Gasteiger partial charge in [-0.1, -0.05) is 18.2 Å². The van der Waals surface area contributed by atoms with Gasteiger partial charge in [0.25, 0.3) is 0 Å². The highest BCUT2D eigenvalue weighted by atomic mass is 32.2. The lowest BCUT2D eigenvalue weighted by Gasteiger charge is -2.38. The maximum atomic E-state index is 13.3. The highest BCUT2D eigenvalue weighted by Gasteiger charge is 2.51. The van der Waals surface area contributed by atoms with Gasteiger partial charge >= 0.3 is 0 Å². The molecule has 2 aliphatic rings. The number of carbonyl (C=O) groups is 1. The molecule has 0 saturated carbocycles. The number of benzene rings is 2. The van der Waals surface area contributed by atoms with Gasteiger partial charge in [0.2, 0.25) is 5.91 Å². The predicted octanol–water partition coefficient (Wildman–Crippen LogP) is 4.14. The van der Waals surface area contributed by atoms with Gasteiger partial charge in [-0.05, 0) is 43.7 Å². The molecule has 2 aliphatic heterocycles. The molecule has 2 aromatic rings. The van der Waals surface area contributed by atoms with E-state index in [0.717, 1.165) is 5.56 Å². The third-order valence-corrected chi connectivity index (χ3v) is 7.05. The SMILES string of the molecule is CCOc1ccc([C@@]2(O)CSC3=C(C#N)[C@H](c4ccc(OC)c(OCC)c4)CC(=O)N32)cc1. The summed E-state index contributed by atoms with van der Waals surface area (Å²) in [6.07, 6.45) is 0.0736. The molecule has 1 amide bonds. The number of ether oxygens (including phenoxy) is 3. The Morgan fingerprint density at radius 3 is 2.52 bits per heavy atom. The second-order valence-electron chi connectivity index (χ2n) is 7.72. The van der Waals surface area contributed by atoms with E-state index in [4.69, 9.17) is 14.2 Å². The fourth-order valence-corrected chi connectivity index (χ4v) is 5.65. The van der Waals surface area contributed by atoms with E-state index in [1.165, 1.54) is 16.7 Å². The van der Waals surface area contributed by atoms with Gasteiger partial charge in [0, 0.05) is 17.9 Å². The van der Waals surface area contributed by atoms with Crippen molar-refractivity contribution in [3.8, 4) is 23.3 Å².